The Morgan fingerprint density at radius 2 is 2.15 bits per heavy atom. The van der Waals surface area contributed by atoms with Crippen molar-refractivity contribution in [1.82, 2.24) is 4.90 Å². The molecule has 2 nitrogen and oxygen atoms in total. The van der Waals surface area contributed by atoms with Gasteiger partial charge in [0, 0.05) is 19.0 Å². The Balaban J connectivity index is 2.04. The molecule has 3 heteroatoms. The van der Waals surface area contributed by atoms with E-state index in [2.05, 4.69) is 4.90 Å². The van der Waals surface area contributed by atoms with Gasteiger partial charge in [0.15, 0.2) is 0 Å². The van der Waals surface area contributed by atoms with Crippen LogP contribution in [0.15, 0.2) is 0 Å². The number of hydrogen-bond acceptors (Lipinski definition) is 2. The minimum Gasteiger partial charge on any atom is -0.389 e. The average Bonchev–Trinajstić information content (AvgIpc) is 2.40. The summed E-state index contributed by atoms with van der Waals surface area (Å²) >= 11 is 5.59. The van der Waals surface area contributed by atoms with Crippen LogP contribution in [-0.2, 0) is 0 Å². The van der Waals surface area contributed by atoms with Crippen LogP contribution >= 0.6 is 11.6 Å². The molecule has 13 heavy (non-hydrogen) atoms. The molecule has 1 unspecified atom stereocenters. The smallest absolute Gasteiger partial charge is 0.0758 e. The van der Waals surface area contributed by atoms with E-state index in [0.29, 0.717) is 0 Å². The number of unbranched alkanes of at least 4 members (excludes halogenated alkanes) is 2. The van der Waals surface area contributed by atoms with Gasteiger partial charge in [0.25, 0.3) is 0 Å². The largest absolute Gasteiger partial charge is 0.389 e. The quantitative estimate of drug-likeness (QED) is 0.547. The molecule has 0 bridgehead atoms. The summed E-state index contributed by atoms with van der Waals surface area (Å²) in [6, 6.07) is 0. The van der Waals surface area contributed by atoms with Crippen LogP contribution in [0.25, 0.3) is 0 Å². The van der Waals surface area contributed by atoms with Gasteiger partial charge >= 0.3 is 0 Å². The van der Waals surface area contributed by atoms with Crippen LogP contribution in [0.3, 0.4) is 0 Å². The lowest BCUT2D eigenvalue weighted by Crippen LogP contribution is -2.30. The van der Waals surface area contributed by atoms with Crippen molar-refractivity contribution in [1.29, 1.82) is 0 Å². The number of aliphatic hydroxyl groups is 1. The maximum absolute atomic E-state index is 9.70. The first-order chi connectivity index (χ1) is 6.14. The summed E-state index contributed by atoms with van der Waals surface area (Å²) in [5, 5.41) is 9.70. The van der Waals surface area contributed by atoms with Crippen molar-refractivity contribution in [3.63, 3.8) is 0 Å². The van der Waals surface area contributed by atoms with Crippen molar-refractivity contribution in [2.24, 2.45) is 0 Å². The van der Waals surface area contributed by atoms with Crippen molar-refractivity contribution < 1.29 is 5.11 Å². The lowest BCUT2D eigenvalue weighted by atomic mass is 10.1. The zero-order chi connectivity index (χ0) is 9.73. The Kier molecular flexibility index (Phi) is 4.50. The summed E-state index contributed by atoms with van der Waals surface area (Å²) < 4.78 is 0. The monoisotopic (exact) mass is 205 g/mol. The first-order valence-electron chi connectivity index (χ1n) is 5.15. The van der Waals surface area contributed by atoms with Gasteiger partial charge in [0.1, 0.15) is 0 Å². The van der Waals surface area contributed by atoms with Gasteiger partial charge in [-0.25, -0.2) is 0 Å². The predicted molar refractivity (Wildman–Crippen MR) is 56.3 cm³/mol. The fourth-order valence-electron chi connectivity index (χ4n) is 1.84. The van der Waals surface area contributed by atoms with Crippen molar-refractivity contribution in [2.45, 2.75) is 38.2 Å². The Morgan fingerprint density at radius 3 is 2.69 bits per heavy atom. The number of nitrogens with zero attached hydrogens (tertiary/aromatic N) is 1. The highest BCUT2D eigenvalue weighted by Crippen LogP contribution is 2.20. The molecule has 0 radical (unpaired) electrons. The number of rotatable bonds is 5. The van der Waals surface area contributed by atoms with Gasteiger partial charge < -0.3 is 10.0 Å². The lowest BCUT2D eigenvalue weighted by Gasteiger charge is -2.18. The van der Waals surface area contributed by atoms with Gasteiger partial charge in [-0.05, 0) is 32.7 Å². The van der Waals surface area contributed by atoms with E-state index in [1.165, 1.54) is 12.8 Å². The Morgan fingerprint density at radius 1 is 1.38 bits per heavy atom. The minimum absolute atomic E-state index is 0.438. The number of halogens is 1. The minimum atomic E-state index is -0.438. The molecule has 1 aliphatic rings. The Hall–Kier alpha value is 0.210. The third-order valence-electron chi connectivity index (χ3n) is 2.64. The summed E-state index contributed by atoms with van der Waals surface area (Å²) in [4.78, 5) is 2.34. The molecule has 1 fully saturated rings. The van der Waals surface area contributed by atoms with Crippen LogP contribution < -0.4 is 0 Å². The van der Waals surface area contributed by atoms with Crippen molar-refractivity contribution in [3.8, 4) is 0 Å². The van der Waals surface area contributed by atoms with Crippen LogP contribution in [0, 0.1) is 0 Å². The lowest BCUT2D eigenvalue weighted by molar-refractivity contribution is 0.0686. The summed E-state index contributed by atoms with van der Waals surface area (Å²) in [7, 11) is 0. The summed E-state index contributed by atoms with van der Waals surface area (Å²) in [5.74, 6) is 0.776. The molecule has 1 atom stereocenters. The van der Waals surface area contributed by atoms with Crippen molar-refractivity contribution >= 4 is 11.6 Å². The second kappa shape index (κ2) is 5.18. The van der Waals surface area contributed by atoms with Gasteiger partial charge in [0.2, 0.25) is 0 Å². The van der Waals surface area contributed by atoms with Gasteiger partial charge in [0.05, 0.1) is 5.60 Å². The van der Waals surface area contributed by atoms with Crippen LogP contribution in [0.5, 0.6) is 0 Å². The molecule has 0 aromatic rings. The Bertz CT molecular complexity index is 150. The second-order valence-corrected chi connectivity index (χ2v) is 4.65. The normalized spacial score (nSPS) is 29.8. The van der Waals surface area contributed by atoms with E-state index in [0.717, 1.165) is 38.4 Å². The summed E-state index contributed by atoms with van der Waals surface area (Å²) in [6.07, 6.45) is 4.46. The zero-order valence-corrected chi connectivity index (χ0v) is 9.19. The molecule has 78 valence electrons. The fourth-order valence-corrected chi connectivity index (χ4v) is 2.03. The summed E-state index contributed by atoms with van der Waals surface area (Å²) in [6.45, 7) is 4.93. The molecule has 1 rings (SSSR count). The molecule has 1 heterocycles. The van der Waals surface area contributed by atoms with E-state index in [1.807, 2.05) is 6.92 Å². The van der Waals surface area contributed by atoms with Gasteiger partial charge in [-0.3, -0.25) is 0 Å². The number of alkyl halides is 1. The predicted octanol–water partition coefficient (Wildman–Crippen LogP) is 1.85. The first kappa shape index (κ1) is 11.3. The molecule has 0 saturated carbocycles. The highest BCUT2D eigenvalue weighted by atomic mass is 35.5. The molecular weight excluding hydrogens is 186 g/mol. The SMILES string of the molecule is CC1(O)CCN(CCCCCCl)C1. The highest BCUT2D eigenvalue weighted by Gasteiger charge is 2.30. The highest BCUT2D eigenvalue weighted by molar-refractivity contribution is 6.17. The van der Waals surface area contributed by atoms with E-state index in [9.17, 15) is 5.11 Å². The third kappa shape index (κ3) is 4.30. The fraction of sp³-hybridized carbons (Fsp3) is 1.00. The molecule has 1 N–H and O–H groups in total. The number of β-amino-alcohol motifs (C(OH)–C–C–N with tert-alkyl or cyclic N) is 1. The molecule has 0 aliphatic carbocycles. The zero-order valence-electron chi connectivity index (χ0n) is 8.43. The van der Waals surface area contributed by atoms with E-state index >= 15 is 0 Å². The standard InChI is InChI=1S/C10H20ClNO/c1-10(13)5-8-12(9-10)7-4-2-3-6-11/h13H,2-9H2,1H3. The van der Waals surface area contributed by atoms with Gasteiger partial charge in [-0.2, -0.15) is 0 Å². The molecule has 0 aromatic heterocycles. The van der Waals surface area contributed by atoms with E-state index < -0.39 is 5.60 Å². The van der Waals surface area contributed by atoms with E-state index in [4.69, 9.17) is 11.6 Å². The molecule has 0 aromatic carbocycles. The maximum atomic E-state index is 9.70. The summed E-state index contributed by atoms with van der Waals surface area (Å²) in [5.41, 5.74) is -0.438. The van der Waals surface area contributed by atoms with E-state index in [1.54, 1.807) is 0 Å². The van der Waals surface area contributed by atoms with Crippen LogP contribution in [0.4, 0.5) is 0 Å². The van der Waals surface area contributed by atoms with Gasteiger partial charge in [-0.15, -0.1) is 11.6 Å². The van der Waals surface area contributed by atoms with Crippen LogP contribution in [0.2, 0.25) is 0 Å². The van der Waals surface area contributed by atoms with Crippen LogP contribution in [-0.4, -0.2) is 41.1 Å². The number of likely N-dealkylation sites (tertiary alicyclic amines) is 1. The third-order valence-corrected chi connectivity index (χ3v) is 2.91. The second-order valence-electron chi connectivity index (χ2n) is 4.27. The Labute approximate surface area is 85.9 Å². The molecule has 1 aliphatic heterocycles. The maximum Gasteiger partial charge on any atom is 0.0758 e. The number of hydrogen-bond donors (Lipinski definition) is 1. The topological polar surface area (TPSA) is 23.5 Å². The van der Waals surface area contributed by atoms with Crippen molar-refractivity contribution in [3.05, 3.63) is 0 Å². The molecular formula is C10H20ClNO. The van der Waals surface area contributed by atoms with E-state index in [-0.39, 0.29) is 0 Å². The first-order valence-corrected chi connectivity index (χ1v) is 5.68. The van der Waals surface area contributed by atoms with Crippen LogP contribution in [0.1, 0.15) is 32.6 Å². The van der Waals surface area contributed by atoms with Gasteiger partial charge in [-0.1, -0.05) is 6.42 Å². The average molecular weight is 206 g/mol. The molecule has 0 spiro atoms. The molecule has 0 amide bonds. The molecule has 1 saturated heterocycles. The van der Waals surface area contributed by atoms with Crippen molar-refractivity contribution in [2.75, 3.05) is 25.5 Å².